The highest BCUT2D eigenvalue weighted by atomic mass is 32.1. The first kappa shape index (κ1) is 23.9. The lowest BCUT2D eigenvalue weighted by Crippen LogP contribution is -2.48. The lowest BCUT2D eigenvalue weighted by atomic mass is 10.1. The van der Waals surface area contributed by atoms with Gasteiger partial charge in [-0.15, -0.1) is 11.3 Å². The molecule has 1 fully saturated rings. The highest BCUT2D eigenvalue weighted by molar-refractivity contribution is 7.13. The van der Waals surface area contributed by atoms with Gasteiger partial charge in [-0.3, -0.25) is 14.4 Å². The van der Waals surface area contributed by atoms with E-state index in [-0.39, 0.29) is 48.9 Å². The van der Waals surface area contributed by atoms with Gasteiger partial charge >= 0.3 is 0 Å². The van der Waals surface area contributed by atoms with E-state index in [4.69, 9.17) is 4.74 Å². The number of rotatable bonds is 7. The third-order valence-electron chi connectivity index (χ3n) is 5.12. The number of carbonyl (C=O) groups is 3. The molecule has 1 aromatic heterocycles. The number of benzene rings is 1. The highest BCUT2D eigenvalue weighted by Gasteiger charge is 2.26. The Kier molecular flexibility index (Phi) is 7.98. The lowest BCUT2D eigenvalue weighted by molar-refractivity contribution is -0.142. The molecule has 0 saturated carbocycles. The fourth-order valence-electron chi connectivity index (χ4n) is 3.64. The first-order valence-corrected chi connectivity index (χ1v) is 11.6. The average molecular weight is 459 g/mol. The van der Waals surface area contributed by atoms with Crippen molar-refractivity contribution in [3.05, 3.63) is 47.0 Å². The third-order valence-corrected chi connectivity index (χ3v) is 5.93. The second-order valence-electron chi connectivity index (χ2n) is 8.32. The summed E-state index contributed by atoms with van der Waals surface area (Å²) in [6.45, 7) is 8.70. The molecule has 32 heavy (non-hydrogen) atoms. The molecule has 2 aromatic rings. The predicted octanol–water partition coefficient (Wildman–Crippen LogP) is 2.81. The molecule has 172 valence electrons. The monoisotopic (exact) mass is 458 g/mol. The number of anilines is 1. The molecule has 0 radical (unpaired) electrons. The summed E-state index contributed by atoms with van der Waals surface area (Å²) in [5.74, 6) is -0.532. The summed E-state index contributed by atoms with van der Waals surface area (Å²) < 4.78 is 5.68. The molecule has 1 N–H and O–H groups in total. The number of hydrogen-bond donors (Lipinski definition) is 1. The Morgan fingerprint density at radius 2 is 1.84 bits per heavy atom. The SMILES string of the molecule is CC1CN(C(=O)Cc2csc(NC(=O)CN(C(=O)c3ccccc3)C(C)C)n2)CC(C)O1. The van der Waals surface area contributed by atoms with Gasteiger partial charge in [-0.2, -0.15) is 0 Å². The minimum atomic E-state index is -0.328. The Morgan fingerprint density at radius 1 is 1.19 bits per heavy atom. The summed E-state index contributed by atoms with van der Waals surface area (Å²) in [6.07, 6.45) is 0.196. The van der Waals surface area contributed by atoms with Crippen LogP contribution in [0.5, 0.6) is 0 Å². The molecule has 0 aliphatic carbocycles. The fraction of sp³-hybridized carbons (Fsp3) is 0.478. The zero-order chi connectivity index (χ0) is 23.3. The first-order valence-electron chi connectivity index (χ1n) is 10.8. The highest BCUT2D eigenvalue weighted by Crippen LogP contribution is 2.18. The van der Waals surface area contributed by atoms with E-state index >= 15 is 0 Å². The Labute approximate surface area is 192 Å². The maximum Gasteiger partial charge on any atom is 0.254 e. The Balaban J connectivity index is 1.56. The van der Waals surface area contributed by atoms with Crippen molar-refractivity contribution in [2.75, 3.05) is 25.0 Å². The molecule has 1 saturated heterocycles. The summed E-state index contributed by atoms with van der Waals surface area (Å²) >= 11 is 1.27. The third kappa shape index (κ3) is 6.37. The van der Waals surface area contributed by atoms with Crippen molar-refractivity contribution >= 4 is 34.2 Å². The number of hydrogen-bond acceptors (Lipinski definition) is 6. The zero-order valence-electron chi connectivity index (χ0n) is 18.9. The van der Waals surface area contributed by atoms with Gasteiger partial charge in [-0.25, -0.2) is 4.98 Å². The first-order chi connectivity index (χ1) is 15.2. The van der Waals surface area contributed by atoms with Crippen LogP contribution in [0.3, 0.4) is 0 Å². The van der Waals surface area contributed by atoms with Gasteiger partial charge in [0.05, 0.1) is 24.3 Å². The van der Waals surface area contributed by atoms with Crippen LogP contribution in [-0.4, -0.2) is 70.4 Å². The van der Waals surface area contributed by atoms with E-state index < -0.39 is 0 Å². The second kappa shape index (κ2) is 10.7. The summed E-state index contributed by atoms with van der Waals surface area (Å²) in [7, 11) is 0. The van der Waals surface area contributed by atoms with Crippen LogP contribution in [0.1, 0.15) is 43.7 Å². The minimum absolute atomic E-state index is 0.00498. The molecule has 0 spiro atoms. The van der Waals surface area contributed by atoms with Crippen molar-refractivity contribution in [2.24, 2.45) is 0 Å². The smallest absolute Gasteiger partial charge is 0.254 e. The quantitative estimate of drug-likeness (QED) is 0.689. The number of carbonyl (C=O) groups excluding carboxylic acids is 3. The molecule has 9 heteroatoms. The van der Waals surface area contributed by atoms with Gasteiger partial charge in [0.2, 0.25) is 11.8 Å². The van der Waals surface area contributed by atoms with Crippen molar-refractivity contribution in [2.45, 2.75) is 52.4 Å². The molecule has 1 aliphatic rings. The largest absolute Gasteiger partial charge is 0.372 e. The molecule has 3 rings (SSSR count). The molecule has 2 unspecified atom stereocenters. The van der Waals surface area contributed by atoms with Crippen LogP contribution in [0, 0.1) is 0 Å². The van der Waals surface area contributed by atoms with Crippen molar-refractivity contribution in [3.8, 4) is 0 Å². The number of nitrogens with zero attached hydrogens (tertiary/aromatic N) is 3. The Morgan fingerprint density at radius 3 is 2.47 bits per heavy atom. The Hall–Kier alpha value is -2.78. The predicted molar refractivity (Wildman–Crippen MR) is 124 cm³/mol. The number of nitrogens with one attached hydrogen (secondary N) is 1. The van der Waals surface area contributed by atoms with E-state index in [0.717, 1.165) is 0 Å². The van der Waals surface area contributed by atoms with E-state index in [0.29, 0.717) is 29.5 Å². The summed E-state index contributed by atoms with van der Waals surface area (Å²) in [6, 6.07) is 8.75. The van der Waals surface area contributed by atoms with Crippen molar-refractivity contribution < 1.29 is 19.1 Å². The van der Waals surface area contributed by atoms with Crippen LogP contribution >= 0.6 is 11.3 Å². The summed E-state index contributed by atoms with van der Waals surface area (Å²) in [4.78, 5) is 45.7. The van der Waals surface area contributed by atoms with Gasteiger partial charge in [-0.1, -0.05) is 18.2 Å². The topological polar surface area (TPSA) is 91.8 Å². The van der Waals surface area contributed by atoms with Crippen molar-refractivity contribution in [1.82, 2.24) is 14.8 Å². The van der Waals surface area contributed by atoms with E-state index in [1.807, 2.05) is 33.8 Å². The Bertz CT molecular complexity index is 936. The number of aromatic nitrogens is 1. The second-order valence-corrected chi connectivity index (χ2v) is 9.18. The maximum absolute atomic E-state index is 12.8. The summed E-state index contributed by atoms with van der Waals surface area (Å²) in [5, 5.41) is 4.94. The lowest BCUT2D eigenvalue weighted by Gasteiger charge is -2.35. The van der Waals surface area contributed by atoms with Crippen molar-refractivity contribution in [3.63, 3.8) is 0 Å². The van der Waals surface area contributed by atoms with Crippen molar-refractivity contribution in [1.29, 1.82) is 0 Å². The molecule has 2 heterocycles. The maximum atomic E-state index is 12.8. The zero-order valence-corrected chi connectivity index (χ0v) is 19.7. The molecule has 0 bridgehead atoms. The van der Waals surface area contributed by atoms with Crippen LogP contribution < -0.4 is 5.32 Å². The average Bonchev–Trinajstić information content (AvgIpc) is 3.17. The number of amides is 3. The van der Waals surface area contributed by atoms with E-state index in [9.17, 15) is 14.4 Å². The number of ether oxygens (including phenoxy) is 1. The van der Waals surface area contributed by atoms with Gasteiger partial charge in [-0.05, 0) is 39.8 Å². The number of morpholine rings is 1. The van der Waals surface area contributed by atoms with Crippen LogP contribution in [0.15, 0.2) is 35.7 Å². The van der Waals surface area contributed by atoms with E-state index in [1.165, 1.54) is 16.2 Å². The van der Waals surface area contributed by atoms with E-state index in [1.54, 1.807) is 34.5 Å². The molecule has 1 aliphatic heterocycles. The van der Waals surface area contributed by atoms with Gasteiger partial charge in [0.15, 0.2) is 5.13 Å². The number of thiazole rings is 1. The fourth-order valence-corrected chi connectivity index (χ4v) is 4.37. The van der Waals surface area contributed by atoms with Crippen LogP contribution in [0.4, 0.5) is 5.13 Å². The van der Waals surface area contributed by atoms with Gasteiger partial charge in [0.25, 0.3) is 5.91 Å². The minimum Gasteiger partial charge on any atom is -0.372 e. The molecular formula is C23H30N4O4S. The van der Waals surface area contributed by atoms with Crippen LogP contribution in [0.25, 0.3) is 0 Å². The van der Waals surface area contributed by atoms with Gasteiger partial charge < -0.3 is 19.9 Å². The van der Waals surface area contributed by atoms with Crippen LogP contribution in [-0.2, 0) is 20.7 Å². The molecule has 2 atom stereocenters. The normalized spacial score (nSPS) is 18.5. The molecule has 1 aromatic carbocycles. The van der Waals surface area contributed by atoms with Gasteiger partial charge in [0.1, 0.15) is 6.54 Å². The molecular weight excluding hydrogens is 428 g/mol. The standard InChI is InChI=1S/C23H30N4O4S/c1-15(2)27(22(30)18-8-6-5-7-9-18)13-20(28)25-23-24-19(14-32-23)10-21(29)26-11-16(3)31-17(4)12-26/h5-9,14-17H,10-13H2,1-4H3,(H,24,25,28). The van der Waals surface area contributed by atoms with E-state index in [2.05, 4.69) is 10.3 Å². The van der Waals surface area contributed by atoms with Crippen LogP contribution in [0.2, 0.25) is 0 Å². The van der Waals surface area contributed by atoms with Gasteiger partial charge in [0, 0.05) is 30.1 Å². The summed E-state index contributed by atoms with van der Waals surface area (Å²) in [5.41, 5.74) is 1.15. The molecule has 8 nitrogen and oxygen atoms in total. The molecule has 3 amide bonds.